The lowest BCUT2D eigenvalue weighted by molar-refractivity contribution is -0.384. The van der Waals surface area contributed by atoms with E-state index in [0.717, 1.165) is 12.1 Å². The average Bonchev–Trinajstić information content (AvgIpc) is 2.78. The van der Waals surface area contributed by atoms with E-state index in [9.17, 15) is 23.3 Å². The van der Waals surface area contributed by atoms with Crippen molar-refractivity contribution in [3.05, 3.63) is 58.1 Å². The number of nitro groups is 1. The Hall–Kier alpha value is -3.18. The maximum absolute atomic E-state index is 12.8. The summed E-state index contributed by atoms with van der Waals surface area (Å²) in [7, 11) is -0.825. The van der Waals surface area contributed by atoms with Crippen molar-refractivity contribution in [3.8, 4) is 11.5 Å². The highest BCUT2D eigenvalue weighted by atomic mass is 32.2. The first-order chi connectivity index (χ1) is 14.3. The van der Waals surface area contributed by atoms with Crippen molar-refractivity contribution in [3.63, 3.8) is 0 Å². The van der Waals surface area contributed by atoms with E-state index in [0.29, 0.717) is 17.1 Å². The summed E-state index contributed by atoms with van der Waals surface area (Å²) < 4.78 is 37.2. The molecular weight excluding hydrogens is 414 g/mol. The molecule has 2 aromatic rings. The Morgan fingerprint density at radius 3 is 1.97 bits per heavy atom. The number of non-ortho nitro benzene ring substituents is 1. The predicted molar refractivity (Wildman–Crippen MR) is 107 cm³/mol. The molecule has 1 aliphatic heterocycles. The lowest BCUT2D eigenvalue weighted by atomic mass is 10.1. The van der Waals surface area contributed by atoms with Crippen LogP contribution in [-0.2, 0) is 10.0 Å². The predicted octanol–water partition coefficient (Wildman–Crippen LogP) is 1.76. The monoisotopic (exact) mass is 435 g/mol. The molecule has 0 radical (unpaired) electrons. The number of amides is 1. The Labute approximate surface area is 173 Å². The van der Waals surface area contributed by atoms with Crippen molar-refractivity contribution >= 4 is 21.6 Å². The van der Waals surface area contributed by atoms with Gasteiger partial charge in [-0.2, -0.15) is 4.31 Å². The van der Waals surface area contributed by atoms with E-state index in [1.807, 2.05) is 0 Å². The number of nitrogens with zero attached hydrogens (tertiary/aromatic N) is 3. The highest BCUT2D eigenvalue weighted by Crippen LogP contribution is 2.25. The third kappa shape index (κ3) is 4.36. The molecule has 0 aromatic heterocycles. The lowest BCUT2D eigenvalue weighted by Crippen LogP contribution is -2.50. The second kappa shape index (κ2) is 8.67. The van der Waals surface area contributed by atoms with Crippen LogP contribution in [0, 0.1) is 10.1 Å². The number of piperazine rings is 1. The first kappa shape index (κ1) is 21.5. The number of sulfonamides is 1. The summed E-state index contributed by atoms with van der Waals surface area (Å²) in [5.41, 5.74) is 0.205. The zero-order valence-electron chi connectivity index (χ0n) is 16.5. The van der Waals surface area contributed by atoms with Crippen LogP contribution in [0.15, 0.2) is 47.4 Å². The van der Waals surface area contributed by atoms with Gasteiger partial charge in [0.15, 0.2) is 0 Å². The van der Waals surface area contributed by atoms with E-state index in [1.165, 1.54) is 30.7 Å². The molecule has 1 fully saturated rings. The van der Waals surface area contributed by atoms with Gasteiger partial charge in [0.1, 0.15) is 11.5 Å². The van der Waals surface area contributed by atoms with E-state index in [4.69, 9.17) is 9.47 Å². The van der Waals surface area contributed by atoms with Gasteiger partial charge in [0, 0.05) is 49.9 Å². The fraction of sp³-hybridized carbons (Fsp3) is 0.316. The molecule has 0 aliphatic carbocycles. The molecular formula is C19H21N3O7S. The normalized spacial score (nSPS) is 14.9. The Bertz CT molecular complexity index is 1020. The molecule has 160 valence electrons. The van der Waals surface area contributed by atoms with Crippen molar-refractivity contribution in [2.45, 2.75) is 4.90 Å². The highest BCUT2D eigenvalue weighted by Gasteiger charge is 2.31. The molecule has 1 aliphatic rings. The minimum atomic E-state index is -3.81. The highest BCUT2D eigenvalue weighted by molar-refractivity contribution is 7.89. The number of methoxy groups -OCH3 is 2. The number of rotatable bonds is 6. The van der Waals surface area contributed by atoms with Crippen LogP contribution in [0.3, 0.4) is 0 Å². The Balaban J connectivity index is 1.71. The molecule has 11 heteroatoms. The summed E-state index contributed by atoms with van der Waals surface area (Å²) in [4.78, 5) is 24.6. The van der Waals surface area contributed by atoms with Gasteiger partial charge < -0.3 is 14.4 Å². The molecule has 0 bridgehead atoms. The van der Waals surface area contributed by atoms with Crippen LogP contribution in [0.1, 0.15) is 10.4 Å². The summed E-state index contributed by atoms with van der Waals surface area (Å²) in [5.74, 6) is 0.716. The molecule has 0 unspecified atom stereocenters. The number of hydrogen-bond acceptors (Lipinski definition) is 7. The maximum Gasteiger partial charge on any atom is 0.269 e. The molecule has 1 saturated heterocycles. The van der Waals surface area contributed by atoms with Gasteiger partial charge in [0.2, 0.25) is 10.0 Å². The van der Waals surface area contributed by atoms with Crippen molar-refractivity contribution in [1.29, 1.82) is 0 Å². The number of carbonyl (C=O) groups is 1. The minimum absolute atomic E-state index is 0.0228. The average molecular weight is 435 g/mol. The van der Waals surface area contributed by atoms with Crippen LogP contribution in [-0.4, -0.2) is 68.9 Å². The van der Waals surface area contributed by atoms with Crippen molar-refractivity contribution in [2.24, 2.45) is 0 Å². The smallest absolute Gasteiger partial charge is 0.269 e. The van der Waals surface area contributed by atoms with Crippen LogP contribution >= 0.6 is 0 Å². The fourth-order valence-corrected chi connectivity index (χ4v) is 4.56. The number of benzene rings is 2. The molecule has 0 atom stereocenters. The van der Waals surface area contributed by atoms with Gasteiger partial charge in [-0.05, 0) is 24.3 Å². The Kier molecular flexibility index (Phi) is 6.22. The zero-order chi connectivity index (χ0) is 21.9. The second-order valence-corrected chi connectivity index (χ2v) is 8.49. The van der Waals surface area contributed by atoms with Crippen LogP contribution in [0.5, 0.6) is 11.5 Å². The van der Waals surface area contributed by atoms with Crippen molar-refractivity contribution in [1.82, 2.24) is 9.21 Å². The zero-order valence-corrected chi connectivity index (χ0v) is 17.3. The van der Waals surface area contributed by atoms with E-state index in [-0.39, 0.29) is 42.7 Å². The molecule has 1 amide bonds. The summed E-state index contributed by atoms with van der Waals surface area (Å²) in [6.07, 6.45) is 0. The Morgan fingerprint density at radius 1 is 0.967 bits per heavy atom. The molecule has 0 spiro atoms. The standard InChI is InChI=1S/C19H21N3O7S/c1-28-16-11-14(12-17(13-16)29-2)19(23)20-7-9-21(10-8-20)30(26,27)18-5-3-15(4-6-18)22(24)25/h3-6,11-13H,7-10H2,1-2H3. The van der Waals surface area contributed by atoms with Gasteiger partial charge in [-0.15, -0.1) is 0 Å². The van der Waals surface area contributed by atoms with Crippen LogP contribution in [0.2, 0.25) is 0 Å². The summed E-state index contributed by atoms with van der Waals surface area (Å²) in [5, 5.41) is 10.8. The summed E-state index contributed by atoms with van der Waals surface area (Å²) in [6.45, 7) is 0.660. The number of hydrogen-bond donors (Lipinski definition) is 0. The van der Waals surface area contributed by atoms with E-state index in [2.05, 4.69) is 0 Å². The van der Waals surface area contributed by atoms with Crippen molar-refractivity contribution in [2.75, 3.05) is 40.4 Å². The molecule has 10 nitrogen and oxygen atoms in total. The van der Waals surface area contributed by atoms with Crippen LogP contribution in [0.25, 0.3) is 0 Å². The lowest BCUT2D eigenvalue weighted by Gasteiger charge is -2.34. The Morgan fingerprint density at radius 2 is 1.50 bits per heavy atom. The van der Waals surface area contributed by atoms with E-state index < -0.39 is 14.9 Å². The molecule has 1 heterocycles. The fourth-order valence-electron chi connectivity index (χ4n) is 3.13. The third-order valence-corrected chi connectivity index (χ3v) is 6.72. The van der Waals surface area contributed by atoms with E-state index in [1.54, 1.807) is 23.1 Å². The third-order valence-electron chi connectivity index (χ3n) is 4.81. The molecule has 30 heavy (non-hydrogen) atoms. The first-order valence-corrected chi connectivity index (χ1v) is 10.5. The quantitative estimate of drug-likeness (QED) is 0.501. The molecule has 0 N–H and O–H groups in total. The molecule has 2 aromatic carbocycles. The number of nitro benzene ring substituents is 1. The SMILES string of the molecule is COc1cc(OC)cc(C(=O)N2CCN(S(=O)(=O)c3ccc([N+](=O)[O-])cc3)CC2)c1. The second-order valence-electron chi connectivity index (χ2n) is 6.55. The topological polar surface area (TPSA) is 119 Å². The molecule has 3 rings (SSSR count). The minimum Gasteiger partial charge on any atom is -0.497 e. The van der Waals surface area contributed by atoms with E-state index >= 15 is 0 Å². The van der Waals surface area contributed by atoms with Gasteiger partial charge in [0.05, 0.1) is 24.0 Å². The summed E-state index contributed by atoms with van der Waals surface area (Å²) in [6, 6.07) is 9.61. The number of carbonyl (C=O) groups excluding carboxylic acids is 1. The van der Waals surface area contributed by atoms with Gasteiger partial charge in [0.25, 0.3) is 11.6 Å². The van der Waals surface area contributed by atoms with Gasteiger partial charge in [-0.3, -0.25) is 14.9 Å². The van der Waals surface area contributed by atoms with Gasteiger partial charge >= 0.3 is 0 Å². The molecule has 0 saturated carbocycles. The van der Waals surface area contributed by atoms with Crippen molar-refractivity contribution < 1.29 is 27.6 Å². The van der Waals surface area contributed by atoms with Crippen LogP contribution in [0.4, 0.5) is 5.69 Å². The summed E-state index contributed by atoms with van der Waals surface area (Å²) >= 11 is 0. The van der Waals surface area contributed by atoms with Gasteiger partial charge in [-0.1, -0.05) is 0 Å². The number of ether oxygens (including phenoxy) is 2. The largest absolute Gasteiger partial charge is 0.497 e. The first-order valence-electron chi connectivity index (χ1n) is 9.03. The maximum atomic E-state index is 12.8. The van der Waals surface area contributed by atoms with Crippen LogP contribution < -0.4 is 9.47 Å². The van der Waals surface area contributed by atoms with Gasteiger partial charge in [-0.25, -0.2) is 8.42 Å².